The third-order valence-corrected chi connectivity index (χ3v) is 3.83. The number of aliphatic hydroxyl groups excluding tert-OH is 1. The molecule has 0 saturated carbocycles. The van der Waals surface area contributed by atoms with Crippen LogP contribution >= 0.6 is 11.3 Å². The third-order valence-electron chi connectivity index (χ3n) is 3.00. The van der Waals surface area contributed by atoms with Crippen molar-refractivity contribution in [3.05, 3.63) is 32.7 Å². The first kappa shape index (κ1) is 13.2. The van der Waals surface area contributed by atoms with Crippen molar-refractivity contribution in [2.24, 2.45) is 0 Å². The molecule has 1 N–H and O–H groups in total. The maximum absolute atomic E-state index is 12.5. The lowest BCUT2D eigenvalue weighted by Gasteiger charge is -2.18. The summed E-state index contributed by atoms with van der Waals surface area (Å²) in [6, 6.07) is 0. The van der Waals surface area contributed by atoms with Gasteiger partial charge in [0.15, 0.2) is 4.96 Å². The van der Waals surface area contributed by atoms with Crippen molar-refractivity contribution in [2.75, 3.05) is 6.61 Å². The number of thiazole rings is 1. The van der Waals surface area contributed by atoms with Gasteiger partial charge in [-0.15, -0.1) is 11.3 Å². The smallest absolute Gasteiger partial charge is 0.262 e. The molecule has 0 amide bonds. The third kappa shape index (κ3) is 2.08. The maximum atomic E-state index is 12.5. The van der Waals surface area contributed by atoms with E-state index in [1.807, 2.05) is 12.3 Å². The average Bonchev–Trinajstić information content (AvgIpc) is 2.67. The molecule has 0 unspecified atom stereocenters. The van der Waals surface area contributed by atoms with E-state index in [1.165, 1.54) is 11.3 Å². The zero-order chi connectivity index (χ0) is 13.5. The second kappa shape index (κ2) is 4.48. The molecule has 0 radical (unpaired) electrons. The predicted molar refractivity (Wildman–Crippen MR) is 73.6 cm³/mol. The number of fused-ring (bicyclic) bond motifs is 1. The fourth-order valence-corrected chi connectivity index (χ4v) is 3.15. The summed E-state index contributed by atoms with van der Waals surface area (Å²) >= 11 is 1.49. The summed E-state index contributed by atoms with van der Waals surface area (Å²) in [6.07, 6.45) is 0.361. The van der Waals surface area contributed by atoms with Gasteiger partial charge >= 0.3 is 0 Å². The van der Waals surface area contributed by atoms with E-state index >= 15 is 0 Å². The summed E-state index contributed by atoms with van der Waals surface area (Å²) < 4.78 is 1.68. The van der Waals surface area contributed by atoms with Crippen LogP contribution in [0.25, 0.3) is 4.96 Å². The highest BCUT2D eigenvalue weighted by Crippen LogP contribution is 2.26. The molecule has 0 atom stereocenters. The number of aliphatic hydroxyl groups is 1. The molecule has 0 aliphatic heterocycles. The van der Waals surface area contributed by atoms with Gasteiger partial charge in [0.05, 0.1) is 0 Å². The highest BCUT2D eigenvalue weighted by Gasteiger charge is 2.21. The van der Waals surface area contributed by atoms with Gasteiger partial charge in [0.25, 0.3) is 5.56 Å². The second-order valence-corrected chi connectivity index (χ2v) is 6.28. The van der Waals surface area contributed by atoms with E-state index in [2.05, 4.69) is 25.8 Å². The van der Waals surface area contributed by atoms with Crippen LogP contribution in [0.5, 0.6) is 0 Å². The molecule has 0 aromatic carbocycles. The molecule has 0 aliphatic carbocycles. The molecule has 18 heavy (non-hydrogen) atoms. The Morgan fingerprint density at radius 1 is 1.44 bits per heavy atom. The molecule has 0 spiro atoms. The van der Waals surface area contributed by atoms with E-state index in [9.17, 15) is 4.79 Å². The summed E-state index contributed by atoms with van der Waals surface area (Å²) in [6.45, 7) is 8.02. The summed E-state index contributed by atoms with van der Waals surface area (Å²) in [5.41, 5.74) is 2.15. The minimum Gasteiger partial charge on any atom is -0.396 e. The van der Waals surface area contributed by atoms with Crippen LogP contribution in [0.1, 0.15) is 37.7 Å². The number of nitrogens with zero attached hydrogens (tertiary/aromatic N) is 2. The Labute approximate surface area is 110 Å². The average molecular weight is 266 g/mol. The first-order chi connectivity index (χ1) is 8.36. The fourth-order valence-electron chi connectivity index (χ4n) is 2.00. The molecule has 0 fully saturated rings. The SMILES string of the molecule is Cc1nc2scc(C(C)(C)C)n2c(=O)c1CCO. The van der Waals surface area contributed by atoms with Crippen molar-refractivity contribution in [3.8, 4) is 0 Å². The second-order valence-electron chi connectivity index (χ2n) is 5.44. The van der Waals surface area contributed by atoms with Crippen molar-refractivity contribution in [1.82, 2.24) is 9.38 Å². The number of aryl methyl sites for hydroxylation is 1. The molecule has 2 heterocycles. The molecule has 2 rings (SSSR count). The molecule has 0 bridgehead atoms. The van der Waals surface area contributed by atoms with Crippen LogP contribution < -0.4 is 5.56 Å². The Kier molecular flexibility index (Phi) is 3.29. The van der Waals surface area contributed by atoms with Crippen LogP contribution in [0.4, 0.5) is 0 Å². The molecule has 0 aliphatic rings. The van der Waals surface area contributed by atoms with E-state index in [1.54, 1.807) is 4.40 Å². The van der Waals surface area contributed by atoms with Crippen molar-refractivity contribution < 1.29 is 5.11 Å². The van der Waals surface area contributed by atoms with E-state index in [0.717, 1.165) is 16.3 Å². The number of hydrogen-bond donors (Lipinski definition) is 1. The van der Waals surface area contributed by atoms with Crippen LogP contribution in [0, 0.1) is 6.92 Å². The molecule has 2 aromatic rings. The zero-order valence-corrected chi connectivity index (χ0v) is 12.0. The normalized spacial score (nSPS) is 12.3. The minimum absolute atomic E-state index is 0.0290. The molecule has 0 saturated heterocycles. The fraction of sp³-hybridized carbons (Fsp3) is 0.538. The Bertz CT molecular complexity index is 635. The van der Waals surface area contributed by atoms with Gasteiger partial charge in [-0.2, -0.15) is 0 Å². The monoisotopic (exact) mass is 266 g/mol. The van der Waals surface area contributed by atoms with Crippen LogP contribution in [0.2, 0.25) is 0 Å². The summed E-state index contributed by atoms with van der Waals surface area (Å²) in [4.78, 5) is 17.7. The van der Waals surface area contributed by atoms with Crippen molar-refractivity contribution in [2.45, 2.75) is 39.5 Å². The van der Waals surface area contributed by atoms with Gasteiger partial charge in [0.1, 0.15) is 0 Å². The highest BCUT2D eigenvalue weighted by atomic mass is 32.1. The topological polar surface area (TPSA) is 54.6 Å². The lowest BCUT2D eigenvalue weighted by molar-refractivity contribution is 0.298. The van der Waals surface area contributed by atoms with Crippen LogP contribution in [-0.2, 0) is 11.8 Å². The van der Waals surface area contributed by atoms with Crippen molar-refractivity contribution >= 4 is 16.3 Å². The zero-order valence-electron chi connectivity index (χ0n) is 11.1. The van der Waals surface area contributed by atoms with Gasteiger partial charge in [-0.25, -0.2) is 4.98 Å². The van der Waals surface area contributed by atoms with Crippen molar-refractivity contribution in [3.63, 3.8) is 0 Å². The van der Waals surface area contributed by atoms with Gasteiger partial charge in [-0.3, -0.25) is 9.20 Å². The Morgan fingerprint density at radius 2 is 2.11 bits per heavy atom. The highest BCUT2D eigenvalue weighted by molar-refractivity contribution is 7.15. The quantitative estimate of drug-likeness (QED) is 0.903. The molecule has 98 valence electrons. The summed E-state index contributed by atoms with van der Waals surface area (Å²) in [5, 5.41) is 11.0. The van der Waals surface area contributed by atoms with Gasteiger partial charge < -0.3 is 5.11 Å². The number of aromatic nitrogens is 2. The number of rotatable bonds is 2. The Hall–Kier alpha value is -1.20. The van der Waals surface area contributed by atoms with E-state index < -0.39 is 0 Å². The van der Waals surface area contributed by atoms with Crippen LogP contribution in [-0.4, -0.2) is 21.1 Å². The van der Waals surface area contributed by atoms with E-state index in [-0.39, 0.29) is 17.6 Å². The van der Waals surface area contributed by atoms with Gasteiger partial charge in [-0.05, 0) is 6.92 Å². The van der Waals surface area contributed by atoms with Crippen LogP contribution in [0.15, 0.2) is 10.2 Å². The molecule has 5 heteroatoms. The Morgan fingerprint density at radius 3 is 2.67 bits per heavy atom. The summed E-state index contributed by atoms with van der Waals surface area (Å²) in [5.74, 6) is 0. The van der Waals surface area contributed by atoms with Gasteiger partial charge in [0.2, 0.25) is 0 Å². The van der Waals surface area contributed by atoms with E-state index in [0.29, 0.717) is 12.0 Å². The van der Waals surface area contributed by atoms with Gasteiger partial charge in [0, 0.05) is 40.8 Å². The first-order valence-corrected chi connectivity index (χ1v) is 6.85. The van der Waals surface area contributed by atoms with Gasteiger partial charge in [-0.1, -0.05) is 20.8 Å². The predicted octanol–water partition coefficient (Wildman–Crippen LogP) is 1.90. The summed E-state index contributed by atoms with van der Waals surface area (Å²) in [7, 11) is 0. The number of hydrogen-bond acceptors (Lipinski definition) is 4. The maximum Gasteiger partial charge on any atom is 0.262 e. The lowest BCUT2D eigenvalue weighted by atomic mass is 9.93. The largest absolute Gasteiger partial charge is 0.396 e. The van der Waals surface area contributed by atoms with E-state index in [4.69, 9.17) is 5.11 Å². The molecule has 2 aromatic heterocycles. The minimum atomic E-state index is -0.102. The molecular formula is C13H18N2O2S. The molecule has 4 nitrogen and oxygen atoms in total. The first-order valence-electron chi connectivity index (χ1n) is 5.97. The van der Waals surface area contributed by atoms with Crippen LogP contribution in [0.3, 0.4) is 0 Å². The van der Waals surface area contributed by atoms with Crippen molar-refractivity contribution in [1.29, 1.82) is 0 Å². The molecular weight excluding hydrogens is 248 g/mol. The Balaban J connectivity index is 2.81. The lowest BCUT2D eigenvalue weighted by Crippen LogP contribution is -2.26. The standard InChI is InChI=1S/C13H18N2O2S/c1-8-9(5-6-16)11(17)15-10(13(2,3)4)7-18-12(15)14-8/h7,16H,5-6H2,1-4H3.